The molecular weight excluding hydrogens is 240 g/mol. The van der Waals surface area contributed by atoms with Gasteiger partial charge in [0.1, 0.15) is 0 Å². The minimum Gasteiger partial charge on any atom is -0.315 e. The zero-order valence-electron chi connectivity index (χ0n) is 11.4. The monoisotopic (exact) mass is 262 g/mol. The van der Waals surface area contributed by atoms with Gasteiger partial charge in [0, 0.05) is 16.8 Å². The molecule has 2 nitrogen and oxygen atoms in total. The Labute approximate surface area is 113 Å². The van der Waals surface area contributed by atoms with Gasteiger partial charge in [0.2, 0.25) is 0 Å². The topological polar surface area (TPSA) is 24.1 Å². The molecule has 0 saturated carbocycles. The molecule has 0 amide bonds. The second-order valence-electron chi connectivity index (χ2n) is 5.32. The lowest BCUT2D eigenvalue weighted by Gasteiger charge is -2.24. The first-order valence-electron chi connectivity index (χ1n) is 6.47. The van der Waals surface area contributed by atoms with Crippen LogP contribution in [-0.4, -0.2) is 25.7 Å². The minimum absolute atomic E-state index is 0.163. The van der Waals surface area contributed by atoms with Crippen LogP contribution in [0, 0.1) is 0 Å². The number of likely N-dealkylation sites (N-methyl/N-ethyl adjacent to an activating group) is 1. The van der Waals surface area contributed by atoms with Crippen LogP contribution < -0.4 is 10.6 Å². The van der Waals surface area contributed by atoms with Crippen molar-refractivity contribution in [3.05, 3.63) is 35.2 Å². The first-order valence-corrected chi connectivity index (χ1v) is 7.35. The Balaban J connectivity index is 1.87. The summed E-state index contributed by atoms with van der Waals surface area (Å²) in [5.41, 5.74) is 1.63. The number of hydrogen-bond donors (Lipinski definition) is 2. The fourth-order valence-electron chi connectivity index (χ4n) is 1.94. The van der Waals surface area contributed by atoms with E-state index in [1.807, 2.05) is 18.4 Å². The Morgan fingerprint density at radius 2 is 2.00 bits per heavy atom. The van der Waals surface area contributed by atoms with Crippen molar-refractivity contribution in [1.29, 1.82) is 0 Å². The maximum absolute atomic E-state index is 3.52. The summed E-state index contributed by atoms with van der Waals surface area (Å²) in [6.07, 6.45) is 1.10. The molecule has 0 saturated heterocycles. The Morgan fingerprint density at radius 1 is 1.22 bits per heavy atom. The van der Waals surface area contributed by atoms with Crippen LogP contribution in [0.5, 0.6) is 0 Å². The van der Waals surface area contributed by atoms with E-state index in [2.05, 4.69) is 54.1 Å². The molecule has 0 fully saturated rings. The van der Waals surface area contributed by atoms with E-state index >= 15 is 0 Å². The summed E-state index contributed by atoms with van der Waals surface area (Å²) in [4.78, 5) is 0. The molecule has 2 aromatic rings. The fourth-order valence-corrected chi connectivity index (χ4v) is 2.94. The van der Waals surface area contributed by atoms with Crippen LogP contribution in [0.15, 0.2) is 29.6 Å². The zero-order chi connectivity index (χ0) is 13.0. The number of nitrogens with one attached hydrogen (secondary N) is 2. The highest BCUT2D eigenvalue weighted by Crippen LogP contribution is 2.25. The van der Waals surface area contributed by atoms with E-state index in [1.54, 1.807) is 0 Å². The summed E-state index contributed by atoms with van der Waals surface area (Å²) >= 11 is 1.84. The number of rotatable bonds is 6. The van der Waals surface area contributed by atoms with E-state index in [-0.39, 0.29) is 5.54 Å². The number of fused-ring (bicyclic) bond motifs is 1. The van der Waals surface area contributed by atoms with E-state index in [0.29, 0.717) is 0 Å². The molecule has 18 heavy (non-hydrogen) atoms. The van der Waals surface area contributed by atoms with E-state index in [9.17, 15) is 0 Å². The van der Waals surface area contributed by atoms with Gasteiger partial charge < -0.3 is 10.6 Å². The lowest BCUT2D eigenvalue weighted by Crippen LogP contribution is -2.46. The van der Waals surface area contributed by atoms with Crippen LogP contribution in [0.2, 0.25) is 0 Å². The molecule has 0 bridgehead atoms. The smallest absolute Gasteiger partial charge is 0.0345 e. The molecule has 0 aliphatic rings. The lowest BCUT2D eigenvalue weighted by molar-refractivity contribution is 0.395. The van der Waals surface area contributed by atoms with Crippen LogP contribution in [0.4, 0.5) is 0 Å². The Bertz CT molecular complexity index is 502. The molecule has 0 aliphatic heterocycles. The maximum Gasteiger partial charge on any atom is 0.0345 e. The fraction of sp³-hybridized carbons (Fsp3) is 0.467. The van der Waals surface area contributed by atoms with E-state index in [4.69, 9.17) is 0 Å². The van der Waals surface area contributed by atoms with Crippen molar-refractivity contribution in [3.8, 4) is 0 Å². The molecule has 0 radical (unpaired) electrons. The highest BCUT2D eigenvalue weighted by atomic mass is 32.1. The van der Waals surface area contributed by atoms with Gasteiger partial charge in [-0.15, -0.1) is 11.3 Å². The molecule has 0 unspecified atom stereocenters. The standard InChI is InChI=1S/C15H22N2S/c1-15(2,16-3)11-17-9-8-12-10-18-14-7-5-4-6-13(12)14/h4-7,10,16-17H,8-9,11H2,1-3H3. The van der Waals surface area contributed by atoms with Crippen LogP contribution >= 0.6 is 11.3 Å². The third kappa shape index (κ3) is 3.31. The van der Waals surface area contributed by atoms with E-state index in [0.717, 1.165) is 19.5 Å². The molecule has 2 N–H and O–H groups in total. The summed E-state index contributed by atoms with van der Waals surface area (Å²) in [6.45, 7) is 6.44. The van der Waals surface area contributed by atoms with Crippen molar-refractivity contribution in [1.82, 2.24) is 10.6 Å². The molecule has 3 heteroatoms. The summed E-state index contributed by atoms with van der Waals surface area (Å²) in [7, 11) is 2.01. The van der Waals surface area contributed by atoms with Crippen molar-refractivity contribution < 1.29 is 0 Å². The third-order valence-corrected chi connectivity index (χ3v) is 4.39. The predicted molar refractivity (Wildman–Crippen MR) is 81.5 cm³/mol. The van der Waals surface area contributed by atoms with Crippen LogP contribution in [0.3, 0.4) is 0 Å². The SMILES string of the molecule is CNC(C)(C)CNCCc1csc2ccccc12. The molecule has 0 atom stereocenters. The number of thiophene rings is 1. The van der Waals surface area contributed by atoms with Gasteiger partial charge in [0.25, 0.3) is 0 Å². The van der Waals surface area contributed by atoms with Crippen LogP contribution in [0.25, 0.3) is 10.1 Å². The Hall–Kier alpha value is -0.900. The van der Waals surface area contributed by atoms with Gasteiger partial charge in [-0.1, -0.05) is 18.2 Å². The predicted octanol–water partition coefficient (Wildman–Crippen LogP) is 3.03. The molecular formula is C15H22N2S. The van der Waals surface area contributed by atoms with Gasteiger partial charge in [-0.2, -0.15) is 0 Å². The minimum atomic E-state index is 0.163. The number of hydrogen-bond acceptors (Lipinski definition) is 3. The van der Waals surface area contributed by atoms with Crippen LogP contribution in [0.1, 0.15) is 19.4 Å². The quantitative estimate of drug-likeness (QED) is 0.782. The summed E-state index contributed by atoms with van der Waals surface area (Å²) in [6, 6.07) is 8.64. The van der Waals surface area contributed by atoms with Gasteiger partial charge in [0.15, 0.2) is 0 Å². The zero-order valence-corrected chi connectivity index (χ0v) is 12.2. The third-order valence-electron chi connectivity index (χ3n) is 3.38. The highest BCUT2D eigenvalue weighted by Gasteiger charge is 2.13. The second kappa shape index (κ2) is 5.83. The van der Waals surface area contributed by atoms with E-state index in [1.165, 1.54) is 15.6 Å². The van der Waals surface area contributed by atoms with Gasteiger partial charge >= 0.3 is 0 Å². The molecule has 98 valence electrons. The van der Waals surface area contributed by atoms with Crippen molar-refractivity contribution in [2.45, 2.75) is 25.8 Å². The average molecular weight is 262 g/mol. The summed E-state index contributed by atoms with van der Waals surface area (Å²) in [5, 5.41) is 10.5. The lowest BCUT2D eigenvalue weighted by atomic mass is 10.1. The van der Waals surface area contributed by atoms with Crippen molar-refractivity contribution in [2.75, 3.05) is 20.1 Å². The maximum atomic E-state index is 3.52. The first kappa shape index (κ1) is 13.5. The van der Waals surface area contributed by atoms with Crippen LogP contribution in [-0.2, 0) is 6.42 Å². The second-order valence-corrected chi connectivity index (χ2v) is 6.23. The largest absolute Gasteiger partial charge is 0.315 e. The Kier molecular flexibility index (Phi) is 4.38. The molecule has 1 aromatic carbocycles. The number of benzene rings is 1. The van der Waals surface area contributed by atoms with Gasteiger partial charge in [0.05, 0.1) is 0 Å². The first-order chi connectivity index (χ1) is 8.62. The molecule has 2 rings (SSSR count). The molecule has 0 spiro atoms. The molecule has 1 aromatic heterocycles. The van der Waals surface area contributed by atoms with Gasteiger partial charge in [-0.05, 0) is 56.3 Å². The van der Waals surface area contributed by atoms with Gasteiger partial charge in [-0.25, -0.2) is 0 Å². The average Bonchev–Trinajstić information content (AvgIpc) is 2.78. The normalized spacial score (nSPS) is 12.2. The highest BCUT2D eigenvalue weighted by molar-refractivity contribution is 7.17. The summed E-state index contributed by atoms with van der Waals surface area (Å²) in [5.74, 6) is 0. The molecule has 0 aliphatic carbocycles. The van der Waals surface area contributed by atoms with Crippen molar-refractivity contribution in [2.24, 2.45) is 0 Å². The summed E-state index contributed by atoms with van der Waals surface area (Å²) < 4.78 is 1.39. The van der Waals surface area contributed by atoms with Crippen molar-refractivity contribution in [3.63, 3.8) is 0 Å². The molecule has 1 heterocycles. The van der Waals surface area contributed by atoms with E-state index < -0.39 is 0 Å². The Morgan fingerprint density at radius 3 is 2.78 bits per heavy atom. The van der Waals surface area contributed by atoms with Crippen molar-refractivity contribution >= 4 is 21.4 Å². The van der Waals surface area contributed by atoms with Gasteiger partial charge in [-0.3, -0.25) is 0 Å².